The molecular formula is C9H9F6N3O3. The van der Waals surface area contributed by atoms with Gasteiger partial charge in [-0.25, -0.2) is 9.48 Å². The van der Waals surface area contributed by atoms with Gasteiger partial charge in [0.05, 0.1) is 19.8 Å². The van der Waals surface area contributed by atoms with Gasteiger partial charge in [-0.05, 0) is 6.92 Å². The molecule has 0 saturated carbocycles. The highest BCUT2D eigenvalue weighted by Crippen LogP contribution is 2.31. The largest absolute Gasteiger partial charge is 0.522 e. The Bertz CT molecular complexity index is 496. The number of carbonyl (C=O) groups excluding carboxylic acids is 1. The minimum Gasteiger partial charge on any atom is -0.461 e. The van der Waals surface area contributed by atoms with Gasteiger partial charge < -0.3 is 4.74 Å². The van der Waals surface area contributed by atoms with Crippen LogP contribution in [0.4, 0.5) is 26.3 Å². The molecule has 1 heterocycles. The van der Waals surface area contributed by atoms with Gasteiger partial charge >= 0.3 is 18.5 Å². The molecule has 0 atom stereocenters. The molecule has 0 aliphatic rings. The normalized spacial score (nSPS) is 12.5. The number of aromatic nitrogens is 3. The summed E-state index contributed by atoms with van der Waals surface area (Å²) >= 11 is 0. The van der Waals surface area contributed by atoms with Crippen LogP contribution in [0.1, 0.15) is 23.1 Å². The van der Waals surface area contributed by atoms with Crippen LogP contribution in [-0.2, 0) is 22.2 Å². The predicted octanol–water partition coefficient (Wildman–Crippen LogP) is 2.01. The minimum atomic E-state index is -5.04. The third kappa shape index (κ3) is 4.88. The molecule has 0 aliphatic carbocycles. The molecule has 1 rings (SSSR count). The van der Waals surface area contributed by atoms with E-state index in [0.29, 0.717) is 0 Å². The van der Waals surface area contributed by atoms with E-state index in [1.165, 1.54) is 6.92 Å². The molecule has 6 nitrogen and oxygen atoms in total. The Morgan fingerprint density at radius 2 is 1.86 bits per heavy atom. The predicted molar refractivity (Wildman–Crippen MR) is 53.0 cm³/mol. The molecule has 0 amide bonds. The molecule has 0 radical (unpaired) electrons. The van der Waals surface area contributed by atoms with Crippen LogP contribution < -0.4 is 0 Å². The summed E-state index contributed by atoms with van der Waals surface area (Å²) in [4.78, 5) is 11.3. The van der Waals surface area contributed by atoms with Crippen LogP contribution in [0, 0.1) is 0 Å². The smallest absolute Gasteiger partial charge is 0.461 e. The van der Waals surface area contributed by atoms with E-state index in [4.69, 9.17) is 0 Å². The number of carbonyl (C=O) groups is 1. The molecule has 0 spiro atoms. The topological polar surface area (TPSA) is 66.2 Å². The van der Waals surface area contributed by atoms with Gasteiger partial charge in [0.2, 0.25) is 5.69 Å². The molecule has 0 fully saturated rings. The summed E-state index contributed by atoms with van der Waals surface area (Å²) in [5.41, 5.74) is -2.71. The Morgan fingerprint density at radius 1 is 1.24 bits per heavy atom. The van der Waals surface area contributed by atoms with Crippen molar-refractivity contribution in [2.75, 3.05) is 13.2 Å². The summed E-state index contributed by atoms with van der Waals surface area (Å²) in [5, 5.41) is 6.00. The maximum absolute atomic E-state index is 12.8. The number of alkyl halides is 6. The number of hydrogen-bond acceptors (Lipinski definition) is 5. The van der Waals surface area contributed by atoms with E-state index < -0.39 is 43.0 Å². The summed E-state index contributed by atoms with van der Waals surface area (Å²) < 4.78 is 81.6. The molecule has 12 heteroatoms. The van der Waals surface area contributed by atoms with E-state index in [9.17, 15) is 31.1 Å². The second kappa shape index (κ2) is 6.28. The molecule has 21 heavy (non-hydrogen) atoms. The quantitative estimate of drug-likeness (QED) is 0.613. The molecule has 0 aliphatic heterocycles. The van der Waals surface area contributed by atoms with Crippen molar-refractivity contribution in [3.8, 4) is 0 Å². The van der Waals surface area contributed by atoms with Gasteiger partial charge in [-0.15, -0.1) is 18.3 Å². The van der Waals surface area contributed by atoms with E-state index in [2.05, 4.69) is 19.8 Å². The fraction of sp³-hybridized carbons (Fsp3) is 0.667. The second-order valence-electron chi connectivity index (χ2n) is 3.52. The second-order valence-corrected chi connectivity index (χ2v) is 3.52. The zero-order valence-corrected chi connectivity index (χ0v) is 10.5. The first-order chi connectivity index (χ1) is 9.56. The van der Waals surface area contributed by atoms with Crippen molar-refractivity contribution in [2.45, 2.75) is 26.0 Å². The van der Waals surface area contributed by atoms with Gasteiger partial charge in [0.1, 0.15) is 0 Å². The molecule has 0 N–H and O–H groups in total. The average molecular weight is 321 g/mol. The van der Waals surface area contributed by atoms with E-state index in [-0.39, 0.29) is 11.3 Å². The Kier molecular flexibility index (Phi) is 5.15. The monoisotopic (exact) mass is 321 g/mol. The maximum atomic E-state index is 12.8. The van der Waals surface area contributed by atoms with Gasteiger partial charge in [-0.3, -0.25) is 4.74 Å². The fourth-order valence-corrected chi connectivity index (χ4v) is 1.33. The number of rotatable bonds is 5. The molecular weight excluding hydrogens is 312 g/mol. The lowest BCUT2D eigenvalue weighted by Gasteiger charge is -2.11. The molecule has 0 saturated heterocycles. The van der Waals surface area contributed by atoms with Crippen molar-refractivity contribution < 1.29 is 40.6 Å². The van der Waals surface area contributed by atoms with Crippen molar-refractivity contribution in [2.24, 2.45) is 0 Å². The van der Waals surface area contributed by atoms with Crippen molar-refractivity contribution in [3.63, 3.8) is 0 Å². The number of nitrogens with zero attached hydrogens (tertiary/aromatic N) is 3. The SMILES string of the molecule is CCOC(=O)c1nnn(CCOC(F)(F)F)c1C(F)(F)F. The van der Waals surface area contributed by atoms with Gasteiger partial charge in [-0.2, -0.15) is 13.2 Å². The molecule has 1 aromatic heterocycles. The summed E-state index contributed by atoms with van der Waals surface area (Å²) in [6.07, 6.45) is -10.0. The Balaban J connectivity index is 2.97. The molecule has 0 unspecified atom stereocenters. The molecule has 1 aromatic rings. The van der Waals surface area contributed by atoms with Crippen LogP contribution in [0.2, 0.25) is 0 Å². The number of hydrogen-bond donors (Lipinski definition) is 0. The van der Waals surface area contributed by atoms with Crippen molar-refractivity contribution in [1.29, 1.82) is 0 Å². The van der Waals surface area contributed by atoms with Gasteiger partial charge in [0.15, 0.2) is 5.69 Å². The van der Waals surface area contributed by atoms with E-state index in [1.54, 1.807) is 0 Å². The Morgan fingerprint density at radius 3 is 2.33 bits per heavy atom. The Hall–Kier alpha value is -1.85. The zero-order chi connectivity index (χ0) is 16.3. The average Bonchev–Trinajstić information content (AvgIpc) is 2.71. The van der Waals surface area contributed by atoms with E-state index >= 15 is 0 Å². The van der Waals surface area contributed by atoms with Crippen LogP contribution in [0.15, 0.2) is 0 Å². The summed E-state index contributed by atoms with van der Waals surface area (Å²) in [6, 6.07) is 0. The van der Waals surface area contributed by atoms with Crippen LogP contribution >= 0.6 is 0 Å². The van der Waals surface area contributed by atoms with E-state index in [1.807, 2.05) is 0 Å². The maximum Gasteiger partial charge on any atom is 0.522 e. The highest BCUT2D eigenvalue weighted by molar-refractivity contribution is 5.88. The third-order valence-corrected chi connectivity index (χ3v) is 2.04. The molecule has 0 bridgehead atoms. The van der Waals surface area contributed by atoms with E-state index in [0.717, 1.165) is 0 Å². The lowest BCUT2D eigenvalue weighted by atomic mass is 10.3. The first-order valence-electron chi connectivity index (χ1n) is 5.44. The standard InChI is InChI=1S/C9H9F6N3O3/c1-2-20-7(19)5-6(8(10,11)12)18(17-16-5)3-4-21-9(13,14)15/h2-4H2,1H3. The number of esters is 1. The lowest BCUT2D eigenvalue weighted by molar-refractivity contribution is -0.325. The number of ether oxygens (including phenoxy) is 2. The van der Waals surface area contributed by atoms with Crippen LogP contribution in [-0.4, -0.2) is 40.5 Å². The number of halogens is 6. The fourth-order valence-electron chi connectivity index (χ4n) is 1.33. The first kappa shape index (κ1) is 17.2. The zero-order valence-electron chi connectivity index (χ0n) is 10.5. The van der Waals surface area contributed by atoms with Crippen LogP contribution in [0.3, 0.4) is 0 Å². The van der Waals surface area contributed by atoms with Gasteiger partial charge in [0.25, 0.3) is 0 Å². The van der Waals surface area contributed by atoms with Crippen molar-refractivity contribution in [3.05, 3.63) is 11.4 Å². The summed E-state index contributed by atoms with van der Waals surface area (Å²) in [6.45, 7) is -0.827. The highest BCUT2D eigenvalue weighted by atomic mass is 19.4. The van der Waals surface area contributed by atoms with Gasteiger partial charge in [0, 0.05) is 0 Å². The van der Waals surface area contributed by atoms with Crippen molar-refractivity contribution in [1.82, 2.24) is 15.0 Å². The van der Waals surface area contributed by atoms with Crippen molar-refractivity contribution >= 4 is 5.97 Å². The highest BCUT2D eigenvalue weighted by Gasteiger charge is 2.42. The Labute approximate surface area is 113 Å². The lowest BCUT2D eigenvalue weighted by Crippen LogP contribution is -2.23. The summed E-state index contributed by atoms with van der Waals surface area (Å²) in [7, 11) is 0. The van der Waals surface area contributed by atoms with Crippen LogP contribution in [0.5, 0.6) is 0 Å². The van der Waals surface area contributed by atoms with Gasteiger partial charge in [-0.1, -0.05) is 5.21 Å². The third-order valence-electron chi connectivity index (χ3n) is 2.04. The van der Waals surface area contributed by atoms with Crippen LogP contribution in [0.25, 0.3) is 0 Å². The summed E-state index contributed by atoms with van der Waals surface area (Å²) in [5.74, 6) is -1.37. The first-order valence-corrected chi connectivity index (χ1v) is 5.44. The molecule has 120 valence electrons. The molecule has 0 aromatic carbocycles. The minimum absolute atomic E-state index is 0.109.